The van der Waals surface area contributed by atoms with Crippen molar-refractivity contribution >= 4 is 17.7 Å². The first-order valence-electron chi connectivity index (χ1n) is 9.35. The molecule has 3 rings (SSSR count). The van der Waals surface area contributed by atoms with E-state index in [1.54, 1.807) is 48.5 Å². The van der Waals surface area contributed by atoms with E-state index in [1.807, 2.05) is 0 Å². The molecule has 1 aliphatic rings. The van der Waals surface area contributed by atoms with E-state index >= 15 is 0 Å². The van der Waals surface area contributed by atoms with Gasteiger partial charge < -0.3 is 19.5 Å². The van der Waals surface area contributed by atoms with Crippen molar-refractivity contribution < 1.29 is 28.6 Å². The van der Waals surface area contributed by atoms with Gasteiger partial charge in [-0.2, -0.15) is 0 Å². The molecule has 0 unspecified atom stereocenters. The van der Waals surface area contributed by atoms with Crippen LogP contribution in [0.5, 0.6) is 11.5 Å². The van der Waals surface area contributed by atoms with Crippen LogP contribution >= 0.6 is 0 Å². The van der Waals surface area contributed by atoms with Crippen LogP contribution in [0.4, 0.5) is 0 Å². The summed E-state index contributed by atoms with van der Waals surface area (Å²) in [6.07, 6.45) is 2.72. The molecule has 1 N–H and O–H groups in total. The van der Waals surface area contributed by atoms with E-state index in [0.717, 1.165) is 0 Å². The minimum atomic E-state index is -1.56. The molecule has 0 spiro atoms. The third-order valence-corrected chi connectivity index (χ3v) is 5.18. The molecule has 0 aromatic heterocycles. The van der Waals surface area contributed by atoms with Crippen molar-refractivity contribution in [1.82, 2.24) is 5.32 Å². The number of benzene rings is 2. The van der Waals surface area contributed by atoms with Gasteiger partial charge in [0.05, 0.1) is 21.3 Å². The third-order valence-electron chi connectivity index (χ3n) is 5.18. The molecule has 0 saturated heterocycles. The number of amides is 1. The van der Waals surface area contributed by atoms with Gasteiger partial charge in [-0.15, -0.1) is 0 Å². The Morgan fingerprint density at radius 1 is 1.00 bits per heavy atom. The van der Waals surface area contributed by atoms with E-state index in [9.17, 15) is 14.4 Å². The summed E-state index contributed by atoms with van der Waals surface area (Å²) >= 11 is 0. The highest BCUT2D eigenvalue weighted by Gasteiger charge is 2.49. The Morgan fingerprint density at radius 2 is 1.70 bits per heavy atom. The minimum Gasteiger partial charge on any atom is -0.493 e. The van der Waals surface area contributed by atoms with Gasteiger partial charge in [-0.25, -0.2) is 4.79 Å². The highest BCUT2D eigenvalue weighted by Crippen LogP contribution is 2.40. The number of ether oxygens (including phenoxy) is 3. The molecule has 7 nitrogen and oxygen atoms in total. The maximum Gasteiger partial charge on any atom is 0.336 e. The largest absolute Gasteiger partial charge is 0.493 e. The molecule has 0 bridgehead atoms. The van der Waals surface area contributed by atoms with Crippen LogP contribution < -0.4 is 14.8 Å². The van der Waals surface area contributed by atoms with Gasteiger partial charge in [0, 0.05) is 17.9 Å². The van der Waals surface area contributed by atoms with Gasteiger partial charge in [-0.05, 0) is 42.0 Å². The molecule has 0 fully saturated rings. The topological polar surface area (TPSA) is 90.9 Å². The van der Waals surface area contributed by atoms with E-state index in [-0.39, 0.29) is 12.2 Å². The molecule has 30 heavy (non-hydrogen) atoms. The summed E-state index contributed by atoms with van der Waals surface area (Å²) in [5.74, 6) is -1.03. The molecule has 2 aromatic rings. The van der Waals surface area contributed by atoms with Crippen molar-refractivity contribution in [3.63, 3.8) is 0 Å². The van der Waals surface area contributed by atoms with E-state index in [0.29, 0.717) is 22.6 Å². The van der Waals surface area contributed by atoms with Crippen LogP contribution in [-0.4, -0.2) is 44.5 Å². The van der Waals surface area contributed by atoms with Crippen LogP contribution in [0.15, 0.2) is 60.7 Å². The highest BCUT2D eigenvalue weighted by atomic mass is 16.5. The van der Waals surface area contributed by atoms with E-state index in [4.69, 9.17) is 14.2 Å². The van der Waals surface area contributed by atoms with Crippen LogP contribution in [0, 0.1) is 0 Å². The van der Waals surface area contributed by atoms with E-state index < -0.39 is 23.3 Å². The fraction of sp³-hybridized carbons (Fsp3) is 0.261. The number of ketones is 1. The predicted molar refractivity (Wildman–Crippen MR) is 110 cm³/mol. The molecule has 1 aliphatic carbocycles. The quantitative estimate of drug-likeness (QED) is 0.738. The molecular formula is C23H23NO6. The Balaban J connectivity index is 2.10. The second-order valence-corrected chi connectivity index (χ2v) is 6.85. The van der Waals surface area contributed by atoms with E-state index in [1.165, 1.54) is 33.5 Å². The van der Waals surface area contributed by atoms with Crippen molar-refractivity contribution in [2.24, 2.45) is 0 Å². The van der Waals surface area contributed by atoms with Gasteiger partial charge in [-0.3, -0.25) is 9.59 Å². The van der Waals surface area contributed by atoms with Gasteiger partial charge in [0.1, 0.15) is 0 Å². The Bertz CT molecular complexity index is 984. The highest BCUT2D eigenvalue weighted by molar-refractivity contribution is 6.02. The average molecular weight is 409 g/mol. The lowest BCUT2D eigenvalue weighted by Crippen LogP contribution is -2.59. The second-order valence-electron chi connectivity index (χ2n) is 6.85. The number of methoxy groups -OCH3 is 3. The predicted octanol–water partition coefficient (Wildman–Crippen LogP) is 2.66. The fourth-order valence-corrected chi connectivity index (χ4v) is 3.63. The number of nitrogens with one attached hydrogen (secondary N) is 1. The molecule has 2 aromatic carbocycles. The molecule has 156 valence electrons. The molecule has 0 aliphatic heterocycles. The number of carbonyl (C=O) groups excluding carboxylic acids is 3. The maximum absolute atomic E-state index is 13.0. The third kappa shape index (κ3) is 3.91. The van der Waals surface area contributed by atoms with Gasteiger partial charge >= 0.3 is 5.97 Å². The molecule has 0 heterocycles. The van der Waals surface area contributed by atoms with E-state index in [2.05, 4.69) is 5.32 Å². The first-order valence-corrected chi connectivity index (χ1v) is 9.35. The summed E-state index contributed by atoms with van der Waals surface area (Å²) in [7, 11) is 4.26. The normalized spacial score (nSPS) is 20.4. The lowest BCUT2D eigenvalue weighted by atomic mass is 9.72. The summed E-state index contributed by atoms with van der Waals surface area (Å²) in [4.78, 5) is 38.2. The van der Waals surface area contributed by atoms with Gasteiger partial charge in [-0.1, -0.05) is 24.3 Å². The average Bonchev–Trinajstić information content (AvgIpc) is 2.79. The maximum atomic E-state index is 13.0. The Kier molecular flexibility index (Phi) is 6.20. The first kappa shape index (κ1) is 21.1. The van der Waals surface area contributed by atoms with Crippen LogP contribution in [0.2, 0.25) is 0 Å². The fourth-order valence-electron chi connectivity index (χ4n) is 3.63. The first-order chi connectivity index (χ1) is 14.4. The van der Waals surface area contributed by atoms with Crippen molar-refractivity contribution in [3.8, 4) is 11.5 Å². The van der Waals surface area contributed by atoms with Gasteiger partial charge in [0.15, 0.2) is 22.8 Å². The minimum absolute atomic E-state index is 0.0101. The number of allylic oxidation sites excluding steroid dienone is 1. The lowest BCUT2D eigenvalue weighted by Gasteiger charge is -2.38. The standard InChI is InChI=1S/C23H23NO6/c1-28-19-10-9-16(13-20(19)29-2)18-14-17(25)11-12-23(18,22(27)30-3)24-21(26)15-7-5-4-6-8-15/h4-13,18H,14H2,1-3H3,(H,24,26)/t18-,23-/m1/s1. The van der Waals surface area contributed by atoms with Crippen molar-refractivity contribution in [2.75, 3.05) is 21.3 Å². The Morgan fingerprint density at radius 3 is 2.33 bits per heavy atom. The van der Waals surface area contributed by atoms with Gasteiger partial charge in [0.25, 0.3) is 5.91 Å². The van der Waals surface area contributed by atoms with Crippen LogP contribution in [0.3, 0.4) is 0 Å². The number of rotatable bonds is 6. The Hall–Kier alpha value is -3.61. The summed E-state index contributed by atoms with van der Waals surface area (Å²) < 4.78 is 15.7. The molecule has 1 amide bonds. The SMILES string of the molecule is COC(=O)[C@@]1(NC(=O)c2ccccc2)C=CC(=O)C[C@@H]1c1ccc(OC)c(OC)c1. The zero-order chi connectivity index (χ0) is 21.7. The Labute approximate surface area is 174 Å². The number of hydrogen-bond acceptors (Lipinski definition) is 6. The summed E-state index contributed by atoms with van der Waals surface area (Å²) in [6.45, 7) is 0. The van der Waals surface area contributed by atoms with Crippen LogP contribution in [-0.2, 0) is 14.3 Å². The zero-order valence-electron chi connectivity index (χ0n) is 17.0. The number of esters is 1. The van der Waals surface area contributed by atoms with Crippen molar-refractivity contribution in [1.29, 1.82) is 0 Å². The monoisotopic (exact) mass is 409 g/mol. The smallest absolute Gasteiger partial charge is 0.336 e. The second kappa shape index (κ2) is 8.82. The summed E-state index contributed by atoms with van der Waals surface area (Å²) in [6, 6.07) is 13.7. The van der Waals surface area contributed by atoms with Crippen molar-refractivity contribution in [3.05, 3.63) is 71.8 Å². The molecular weight excluding hydrogens is 386 g/mol. The van der Waals surface area contributed by atoms with Crippen LogP contribution in [0.1, 0.15) is 28.3 Å². The molecule has 7 heteroatoms. The molecule has 0 saturated carbocycles. The summed E-state index contributed by atoms with van der Waals surface area (Å²) in [5, 5.41) is 2.81. The number of hydrogen-bond donors (Lipinski definition) is 1. The lowest BCUT2D eigenvalue weighted by molar-refractivity contribution is -0.147. The van der Waals surface area contributed by atoms with Gasteiger partial charge in [0.2, 0.25) is 0 Å². The van der Waals surface area contributed by atoms with Crippen molar-refractivity contribution in [2.45, 2.75) is 17.9 Å². The molecule has 0 radical (unpaired) electrons. The zero-order valence-corrected chi connectivity index (χ0v) is 17.0. The van der Waals surface area contributed by atoms with Crippen LogP contribution in [0.25, 0.3) is 0 Å². The summed E-state index contributed by atoms with van der Waals surface area (Å²) in [5.41, 5.74) is -0.545. The molecule has 2 atom stereocenters. The number of carbonyl (C=O) groups is 3.